The molecule has 1 atom stereocenters. The molecule has 0 amide bonds. The summed E-state index contributed by atoms with van der Waals surface area (Å²) in [5, 5.41) is 4.54. The fourth-order valence-corrected chi connectivity index (χ4v) is 16.7. The van der Waals surface area contributed by atoms with E-state index in [0.29, 0.717) is 5.41 Å². The van der Waals surface area contributed by atoms with Crippen LogP contribution in [0.25, 0.3) is 27.1 Å². The maximum absolute atomic E-state index is 2.52. The Hall–Kier alpha value is -0.830. The van der Waals surface area contributed by atoms with Gasteiger partial charge in [0.1, 0.15) is 0 Å². The van der Waals surface area contributed by atoms with Crippen molar-refractivity contribution in [1.29, 1.82) is 0 Å². The Labute approximate surface area is 289 Å². The number of benzene rings is 2. The van der Waals surface area contributed by atoms with Crippen LogP contribution in [0.15, 0.2) is 66.2 Å². The summed E-state index contributed by atoms with van der Waals surface area (Å²) in [6.07, 6.45) is 8.93. The second-order valence-electron chi connectivity index (χ2n) is 14.5. The molecule has 0 N–H and O–H groups in total. The van der Waals surface area contributed by atoms with E-state index < -0.39 is 8.07 Å². The maximum Gasteiger partial charge on any atom is 3.00 e. The fourth-order valence-electron chi connectivity index (χ4n) is 10.4. The van der Waals surface area contributed by atoms with E-state index in [-0.39, 0.29) is 51.0 Å². The van der Waals surface area contributed by atoms with E-state index in [1.54, 1.807) is 26.8 Å². The summed E-state index contributed by atoms with van der Waals surface area (Å²) in [6.45, 7) is 11.8. The largest absolute Gasteiger partial charge is 3.00 e. The number of hydrogen-bond acceptors (Lipinski definition) is 1. The van der Waals surface area contributed by atoms with Crippen LogP contribution in [-0.4, -0.2) is 8.07 Å². The topological polar surface area (TPSA) is 0 Å². The van der Waals surface area contributed by atoms with Crippen molar-refractivity contribution in [3.05, 3.63) is 92.7 Å². The van der Waals surface area contributed by atoms with Crippen LogP contribution in [0.4, 0.5) is 0 Å². The summed E-state index contributed by atoms with van der Waals surface area (Å²) in [7, 11) is -0.995. The predicted molar refractivity (Wildman–Crippen MR) is 171 cm³/mol. The molecule has 0 spiro atoms. The Balaban J connectivity index is 0.000000188. The number of allylic oxidation sites excluding steroid dienone is 1. The first-order valence-electron chi connectivity index (χ1n) is 15.3. The van der Waals surface area contributed by atoms with Crippen LogP contribution in [0.1, 0.15) is 77.4 Å². The zero-order valence-corrected chi connectivity index (χ0v) is 31.3. The van der Waals surface area contributed by atoms with Gasteiger partial charge in [-0.3, -0.25) is 0 Å². The van der Waals surface area contributed by atoms with Crippen LogP contribution in [0.5, 0.6) is 0 Å². The molecule has 4 saturated carbocycles. The molecule has 4 fully saturated rings. The standard InChI is InChI=1S/C26H27.C11H14SSi.2ClH.Zr/c1-17-9-22-3-2-4-24(25(22)10-17)21-5-7-23(8-6-21)26-14-18-11-19(15-26)13-20(12-18)16-26;1-6-5-8-9(12-6)11-7(2)10(8)13(11,3)4;;;/h2-10,18-20H,11-16H2,1H3;5,10H,1-4H3;2*1H;/q-1;;;;+3/p-2. The van der Waals surface area contributed by atoms with Crippen molar-refractivity contribution in [1.82, 2.24) is 0 Å². The molecule has 3 aromatic carbocycles. The summed E-state index contributed by atoms with van der Waals surface area (Å²) >= 11 is 2.01. The minimum atomic E-state index is -0.995. The first kappa shape index (κ1) is 32.6. The molecule has 4 aromatic rings. The molecular weight excluding hydrogens is 667 g/mol. The Morgan fingerprint density at radius 3 is 2.02 bits per heavy atom. The van der Waals surface area contributed by atoms with E-state index in [4.69, 9.17) is 0 Å². The van der Waals surface area contributed by atoms with Crippen molar-refractivity contribution in [3.8, 4) is 11.1 Å². The molecule has 1 unspecified atom stereocenters. The minimum absolute atomic E-state index is 0. The van der Waals surface area contributed by atoms with Crippen LogP contribution in [0.2, 0.25) is 13.1 Å². The first-order chi connectivity index (χ1) is 18.7. The quantitative estimate of drug-likeness (QED) is 0.209. The van der Waals surface area contributed by atoms with E-state index in [1.165, 1.54) is 70.9 Å². The van der Waals surface area contributed by atoms with Gasteiger partial charge in [-0.05, 0) is 103 Å². The molecule has 3 heterocycles. The van der Waals surface area contributed by atoms with Gasteiger partial charge in [0.2, 0.25) is 0 Å². The Kier molecular flexibility index (Phi) is 8.92. The van der Waals surface area contributed by atoms with Crippen LogP contribution in [0, 0.1) is 31.6 Å². The summed E-state index contributed by atoms with van der Waals surface area (Å²) in [6, 6.07) is 23.5. The average Bonchev–Trinajstić information content (AvgIpc) is 3.57. The van der Waals surface area contributed by atoms with Crippen molar-refractivity contribution >= 4 is 35.4 Å². The van der Waals surface area contributed by atoms with Crippen LogP contribution in [-0.2, 0) is 31.6 Å². The van der Waals surface area contributed by atoms with Crippen molar-refractivity contribution in [2.75, 3.05) is 0 Å². The van der Waals surface area contributed by atoms with Gasteiger partial charge in [0.25, 0.3) is 0 Å². The first-order valence-corrected chi connectivity index (χ1v) is 19.2. The molecule has 1 aromatic heterocycles. The van der Waals surface area contributed by atoms with Crippen LogP contribution >= 0.6 is 11.3 Å². The SMILES string of the molecule is CC1=C2c3sc(C)cc3C1[Si]2(C)C.Cc1cc2c(-c3ccc(C45CC6CC(CC(C6)C4)C5)cc3)cccc2[cH-]1.[Cl-].[Cl-].[Zr+3]. The van der Waals surface area contributed by atoms with Gasteiger partial charge in [-0.25, -0.2) is 0 Å². The van der Waals surface area contributed by atoms with Gasteiger partial charge < -0.3 is 24.8 Å². The monoisotopic (exact) mass is 705 g/mol. The molecule has 1 radical (unpaired) electrons. The number of aryl methyl sites for hydroxylation is 2. The third kappa shape index (κ3) is 4.88. The van der Waals surface area contributed by atoms with Crippen molar-refractivity contribution in [2.24, 2.45) is 17.8 Å². The summed E-state index contributed by atoms with van der Waals surface area (Å²) < 4.78 is 0. The molecule has 5 heteroatoms. The number of fused-ring (bicyclic) bond motifs is 1. The summed E-state index contributed by atoms with van der Waals surface area (Å²) in [5.41, 5.74) is 10.5. The second kappa shape index (κ2) is 11.5. The molecule has 6 bridgehead atoms. The molecular formula is C37H41Cl2SSiZr. The van der Waals surface area contributed by atoms with E-state index in [9.17, 15) is 0 Å². The van der Waals surface area contributed by atoms with Gasteiger partial charge in [-0.2, -0.15) is 6.07 Å². The van der Waals surface area contributed by atoms with Crippen molar-refractivity contribution in [3.63, 3.8) is 0 Å². The van der Waals surface area contributed by atoms with E-state index in [0.717, 1.165) is 23.3 Å². The molecule has 0 saturated heterocycles. The van der Waals surface area contributed by atoms with Crippen molar-refractivity contribution in [2.45, 2.75) is 83.3 Å². The van der Waals surface area contributed by atoms with Crippen molar-refractivity contribution < 1.29 is 51.0 Å². The number of thiophene rings is 1. The van der Waals surface area contributed by atoms with Gasteiger partial charge in [-0.1, -0.05) is 61.5 Å². The molecule has 5 aliphatic carbocycles. The van der Waals surface area contributed by atoms with Gasteiger partial charge >= 0.3 is 26.2 Å². The number of halogens is 2. The Morgan fingerprint density at radius 1 is 0.833 bits per heavy atom. The number of hydrogen-bond donors (Lipinski definition) is 0. The molecule has 7 aliphatic rings. The van der Waals surface area contributed by atoms with Crippen LogP contribution in [0.3, 0.4) is 0 Å². The molecule has 11 rings (SSSR count). The zero-order chi connectivity index (χ0) is 26.7. The maximum atomic E-state index is 2.52. The van der Waals surface area contributed by atoms with E-state index in [2.05, 4.69) is 94.5 Å². The van der Waals surface area contributed by atoms with E-state index in [1.807, 2.05) is 11.3 Å². The molecule has 2 aliphatic heterocycles. The molecule has 0 nitrogen and oxygen atoms in total. The minimum Gasteiger partial charge on any atom is -1.00 e. The average molecular weight is 708 g/mol. The molecule has 217 valence electrons. The second-order valence-corrected chi connectivity index (χ2v) is 20.2. The zero-order valence-electron chi connectivity index (χ0n) is 25.5. The van der Waals surface area contributed by atoms with Gasteiger partial charge in [0.05, 0.1) is 8.07 Å². The number of rotatable bonds is 2. The van der Waals surface area contributed by atoms with Gasteiger partial charge in [0, 0.05) is 15.3 Å². The normalized spacial score (nSPS) is 28.6. The van der Waals surface area contributed by atoms with Gasteiger partial charge in [-0.15, -0.1) is 45.9 Å². The summed E-state index contributed by atoms with van der Waals surface area (Å²) in [5.74, 6) is 3.05. The Morgan fingerprint density at radius 2 is 1.45 bits per heavy atom. The van der Waals surface area contributed by atoms with E-state index >= 15 is 0 Å². The third-order valence-electron chi connectivity index (χ3n) is 11.4. The molecule has 42 heavy (non-hydrogen) atoms. The fraction of sp³-hybridized carbons (Fsp3) is 0.432. The van der Waals surface area contributed by atoms with Crippen LogP contribution < -0.4 is 24.8 Å². The third-order valence-corrected chi connectivity index (χ3v) is 16.7. The summed E-state index contributed by atoms with van der Waals surface area (Å²) in [4.78, 5) is 3.14. The smallest absolute Gasteiger partial charge is 1.00 e. The Bertz CT molecular complexity index is 1620. The van der Waals surface area contributed by atoms with Gasteiger partial charge in [0.15, 0.2) is 0 Å². The predicted octanol–water partition coefficient (Wildman–Crippen LogP) is 4.74.